The van der Waals surface area contributed by atoms with Crippen LogP contribution in [0.25, 0.3) is 0 Å². The first-order chi connectivity index (χ1) is 12.4. The normalized spacial score (nSPS) is 14.4. The molecule has 3 rings (SSSR count). The van der Waals surface area contributed by atoms with Gasteiger partial charge in [-0.15, -0.1) is 11.8 Å². The fraction of sp³-hybridized carbons (Fsp3) is 0.111. The highest BCUT2D eigenvalue weighted by molar-refractivity contribution is 8.00. The maximum Gasteiger partial charge on any atom is 0.302 e. The van der Waals surface area contributed by atoms with Crippen LogP contribution in [0.5, 0.6) is 0 Å². The van der Waals surface area contributed by atoms with Crippen LogP contribution in [0.4, 0.5) is 17.6 Å². The lowest BCUT2D eigenvalue weighted by molar-refractivity contribution is 0.0655. The standard InChI is InChI=1S/C18H11F4NO2S/c19-12-7-3-4-8-13(12)26-14(15(20)16(21)22)9-23-17(24)10-5-1-2-6-11(10)18(23)25/h1-8,14H,9H2. The molecular formula is C18H11F4NO2S. The molecule has 1 atom stereocenters. The van der Waals surface area contributed by atoms with Gasteiger partial charge in [-0.2, -0.15) is 8.78 Å². The zero-order chi connectivity index (χ0) is 18.8. The molecule has 0 fully saturated rings. The van der Waals surface area contributed by atoms with Crippen LogP contribution in [0.1, 0.15) is 20.7 Å². The molecule has 2 aromatic carbocycles. The fourth-order valence-electron chi connectivity index (χ4n) is 2.56. The van der Waals surface area contributed by atoms with Gasteiger partial charge in [0.1, 0.15) is 5.82 Å². The summed E-state index contributed by atoms with van der Waals surface area (Å²) in [5.41, 5.74) is 0.245. The molecule has 0 radical (unpaired) electrons. The molecule has 3 nitrogen and oxygen atoms in total. The van der Waals surface area contributed by atoms with E-state index < -0.39 is 41.3 Å². The van der Waals surface area contributed by atoms with E-state index in [2.05, 4.69) is 0 Å². The second-order valence-corrected chi connectivity index (χ2v) is 6.66. The molecule has 1 aliphatic heterocycles. The Morgan fingerprint density at radius 1 is 0.923 bits per heavy atom. The van der Waals surface area contributed by atoms with E-state index in [0.717, 1.165) is 6.07 Å². The zero-order valence-corrected chi connectivity index (χ0v) is 13.9. The number of thioether (sulfide) groups is 1. The summed E-state index contributed by atoms with van der Waals surface area (Å²) >= 11 is 0.487. The van der Waals surface area contributed by atoms with Gasteiger partial charge >= 0.3 is 6.08 Å². The number of halogens is 4. The summed E-state index contributed by atoms with van der Waals surface area (Å²) in [7, 11) is 0. The number of benzene rings is 2. The van der Waals surface area contributed by atoms with Crippen molar-refractivity contribution in [2.45, 2.75) is 10.1 Å². The van der Waals surface area contributed by atoms with Crippen molar-refractivity contribution >= 4 is 23.6 Å². The van der Waals surface area contributed by atoms with Crippen LogP contribution in [0.15, 0.2) is 65.3 Å². The summed E-state index contributed by atoms with van der Waals surface area (Å²) in [6.07, 6.45) is -2.57. The third kappa shape index (κ3) is 3.37. The molecule has 0 spiro atoms. The highest BCUT2D eigenvalue weighted by atomic mass is 32.2. The van der Waals surface area contributed by atoms with Gasteiger partial charge in [0.15, 0.2) is 5.83 Å². The summed E-state index contributed by atoms with van der Waals surface area (Å²) in [4.78, 5) is 25.3. The molecule has 0 N–H and O–H groups in total. The Morgan fingerprint density at radius 2 is 1.46 bits per heavy atom. The molecule has 1 unspecified atom stereocenters. The van der Waals surface area contributed by atoms with E-state index in [-0.39, 0.29) is 16.0 Å². The monoisotopic (exact) mass is 381 g/mol. The molecule has 2 amide bonds. The molecule has 0 aliphatic carbocycles. The van der Waals surface area contributed by atoms with Gasteiger partial charge < -0.3 is 0 Å². The van der Waals surface area contributed by atoms with Crippen molar-refractivity contribution in [3.05, 3.63) is 77.4 Å². The summed E-state index contributed by atoms with van der Waals surface area (Å²) in [5, 5.41) is -1.63. The molecule has 0 aromatic heterocycles. The number of nitrogens with zero attached hydrogens (tertiary/aromatic N) is 1. The number of amides is 2. The number of rotatable bonds is 5. The van der Waals surface area contributed by atoms with E-state index >= 15 is 0 Å². The number of hydrogen-bond donors (Lipinski definition) is 0. The van der Waals surface area contributed by atoms with Crippen molar-refractivity contribution in [2.75, 3.05) is 6.54 Å². The molecule has 134 valence electrons. The predicted octanol–water partition coefficient (Wildman–Crippen LogP) is 4.66. The minimum absolute atomic E-state index is 0.0643. The number of imide groups is 1. The quantitative estimate of drug-likeness (QED) is 0.430. The molecule has 0 saturated heterocycles. The van der Waals surface area contributed by atoms with Crippen molar-refractivity contribution in [1.82, 2.24) is 4.90 Å². The van der Waals surface area contributed by atoms with Crippen LogP contribution in [0.2, 0.25) is 0 Å². The number of hydrogen-bond acceptors (Lipinski definition) is 3. The van der Waals surface area contributed by atoms with Gasteiger partial charge in [0.05, 0.1) is 16.4 Å². The molecular weight excluding hydrogens is 370 g/mol. The summed E-state index contributed by atoms with van der Waals surface area (Å²) < 4.78 is 53.4. The van der Waals surface area contributed by atoms with Crippen LogP contribution in [-0.4, -0.2) is 28.5 Å². The number of carbonyl (C=O) groups excluding carboxylic acids is 2. The number of fused-ring (bicyclic) bond motifs is 1. The van der Waals surface area contributed by atoms with E-state index in [1.165, 1.54) is 30.3 Å². The van der Waals surface area contributed by atoms with Crippen molar-refractivity contribution in [3.63, 3.8) is 0 Å². The zero-order valence-electron chi connectivity index (χ0n) is 13.1. The molecule has 0 saturated carbocycles. The predicted molar refractivity (Wildman–Crippen MR) is 88.2 cm³/mol. The average molecular weight is 381 g/mol. The van der Waals surface area contributed by atoms with Crippen LogP contribution >= 0.6 is 11.8 Å². The lowest BCUT2D eigenvalue weighted by atomic mass is 10.1. The van der Waals surface area contributed by atoms with Crippen molar-refractivity contribution in [1.29, 1.82) is 0 Å². The second-order valence-electron chi connectivity index (χ2n) is 5.41. The lowest BCUT2D eigenvalue weighted by Crippen LogP contribution is -2.36. The topological polar surface area (TPSA) is 37.4 Å². The third-order valence-electron chi connectivity index (χ3n) is 3.80. The Kier molecular flexibility index (Phi) is 5.13. The van der Waals surface area contributed by atoms with E-state index in [9.17, 15) is 27.2 Å². The van der Waals surface area contributed by atoms with Gasteiger partial charge in [-0.05, 0) is 24.3 Å². The first-order valence-electron chi connectivity index (χ1n) is 7.47. The Hall–Kier alpha value is -2.61. The molecule has 8 heteroatoms. The fourth-order valence-corrected chi connectivity index (χ4v) is 3.62. The van der Waals surface area contributed by atoms with E-state index in [4.69, 9.17) is 0 Å². The van der Waals surface area contributed by atoms with Gasteiger partial charge in [0.2, 0.25) is 0 Å². The highest BCUT2D eigenvalue weighted by Gasteiger charge is 2.38. The molecule has 2 aromatic rings. The first kappa shape index (κ1) is 18.2. The van der Waals surface area contributed by atoms with Gasteiger partial charge in [-0.1, -0.05) is 24.3 Å². The van der Waals surface area contributed by atoms with E-state index in [0.29, 0.717) is 16.7 Å². The lowest BCUT2D eigenvalue weighted by Gasteiger charge is -2.21. The van der Waals surface area contributed by atoms with Crippen molar-refractivity contribution in [2.24, 2.45) is 0 Å². The SMILES string of the molecule is O=C1c2ccccc2C(=O)N1CC(Sc1ccccc1F)C(F)=C(F)F. The first-order valence-corrected chi connectivity index (χ1v) is 8.35. The minimum atomic E-state index is -2.57. The molecule has 0 bridgehead atoms. The molecule has 26 heavy (non-hydrogen) atoms. The Labute approximate surface area is 150 Å². The minimum Gasteiger partial charge on any atom is -0.273 e. The van der Waals surface area contributed by atoms with Crippen LogP contribution in [0, 0.1) is 5.82 Å². The maximum atomic E-state index is 14.0. The Bertz CT molecular complexity index is 877. The maximum absolute atomic E-state index is 14.0. The summed E-state index contributed by atoms with van der Waals surface area (Å²) in [6, 6.07) is 11.3. The number of carbonyl (C=O) groups is 2. The van der Waals surface area contributed by atoms with Crippen molar-refractivity contribution < 1.29 is 27.2 Å². The van der Waals surface area contributed by atoms with E-state index in [1.807, 2.05) is 0 Å². The molecule has 1 aliphatic rings. The Balaban J connectivity index is 1.90. The second kappa shape index (κ2) is 7.33. The van der Waals surface area contributed by atoms with Crippen LogP contribution < -0.4 is 0 Å². The van der Waals surface area contributed by atoms with Crippen LogP contribution in [-0.2, 0) is 0 Å². The van der Waals surface area contributed by atoms with Gasteiger partial charge in [-0.3, -0.25) is 14.5 Å². The van der Waals surface area contributed by atoms with Crippen LogP contribution in [0.3, 0.4) is 0 Å². The summed E-state index contributed by atoms with van der Waals surface area (Å²) in [5.74, 6) is -3.90. The van der Waals surface area contributed by atoms with Gasteiger partial charge in [0, 0.05) is 11.4 Å². The van der Waals surface area contributed by atoms with E-state index in [1.54, 1.807) is 12.1 Å². The third-order valence-corrected chi connectivity index (χ3v) is 5.02. The Morgan fingerprint density at radius 3 is 2.00 bits per heavy atom. The van der Waals surface area contributed by atoms with Gasteiger partial charge in [0.25, 0.3) is 11.8 Å². The smallest absolute Gasteiger partial charge is 0.273 e. The molecule has 1 heterocycles. The van der Waals surface area contributed by atoms with Gasteiger partial charge in [-0.25, -0.2) is 8.78 Å². The largest absolute Gasteiger partial charge is 0.302 e. The van der Waals surface area contributed by atoms with Crippen molar-refractivity contribution in [3.8, 4) is 0 Å². The average Bonchev–Trinajstić information content (AvgIpc) is 2.87. The highest BCUT2D eigenvalue weighted by Crippen LogP contribution is 2.34. The summed E-state index contributed by atoms with van der Waals surface area (Å²) in [6.45, 7) is -0.644.